The normalized spacial score (nSPS) is 30.4. The molecule has 2 rings (SSSR count). The quantitative estimate of drug-likeness (QED) is 0.750. The maximum atomic E-state index is 6.09. The number of nitrogens with two attached hydrogens (primary N) is 1. The summed E-state index contributed by atoms with van der Waals surface area (Å²) in [6.07, 6.45) is 4.44. The number of thioether (sulfide) groups is 1. The topological polar surface area (TPSA) is 44.5 Å². The number of ether oxygens (including phenoxy) is 2. The molecule has 0 saturated carbocycles. The molecule has 3 nitrogen and oxygen atoms in total. The van der Waals surface area contributed by atoms with Crippen molar-refractivity contribution in [1.29, 1.82) is 0 Å². The molecule has 2 atom stereocenters. The zero-order chi connectivity index (χ0) is 9.80. The highest BCUT2D eigenvalue weighted by Crippen LogP contribution is 2.21. The molecule has 80 valence electrons. The highest BCUT2D eigenvalue weighted by atomic mass is 32.2. The third-order valence-corrected chi connectivity index (χ3v) is 3.55. The van der Waals surface area contributed by atoms with E-state index >= 15 is 0 Å². The summed E-state index contributed by atoms with van der Waals surface area (Å²) in [5.41, 5.74) is 6.09. The van der Waals surface area contributed by atoms with Crippen LogP contribution in [0.3, 0.4) is 0 Å². The molecule has 4 heteroatoms. The lowest BCUT2D eigenvalue weighted by atomic mass is 10.1. The number of hydrogen-bond acceptors (Lipinski definition) is 4. The number of rotatable bonds is 2. The maximum absolute atomic E-state index is 6.09. The zero-order valence-electron chi connectivity index (χ0n) is 8.28. The number of hydrogen-bond donors (Lipinski definition) is 1. The average molecular weight is 215 g/mol. The van der Waals surface area contributed by atoms with Gasteiger partial charge >= 0.3 is 0 Å². The Morgan fingerprint density at radius 1 is 1.50 bits per heavy atom. The highest BCUT2D eigenvalue weighted by Gasteiger charge is 2.26. The van der Waals surface area contributed by atoms with Gasteiger partial charge in [0.05, 0.1) is 25.4 Å². The van der Waals surface area contributed by atoms with Gasteiger partial charge in [-0.2, -0.15) is 11.8 Å². The van der Waals surface area contributed by atoms with E-state index in [2.05, 4.69) is 6.08 Å². The first-order chi connectivity index (χ1) is 6.88. The Bertz CT molecular complexity index is 214. The van der Waals surface area contributed by atoms with Crippen LogP contribution in [0.15, 0.2) is 11.8 Å². The molecule has 2 aliphatic rings. The van der Waals surface area contributed by atoms with Gasteiger partial charge in [0.15, 0.2) is 0 Å². The second kappa shape index (κ2) is 5.05. The molecule has 1 fully saturated rings. The van der Waals surface area contributed by atoms with Crippen LogP contribution in [-0.2, 0) is 9.47 Å². The van der Waals surface area contributed by atoms with Gasteiger partial charge in [-0.1, -0.05) is 0 Å². The molecule has 14 heavy (non-hydrogen) atoms. The van der Waals surface area contributed by atoms with Gasteiger partial charge < -0.3 is 15.2 Å². The Labute approximate surface area is 89.0 Å². The van der Waals surface area contributed by atoms with Gasteiger partial charge in [0, 0.05) is 11.5 Å². The van der Waals surface area contributed by atoms with Crippen LogP contribution in [0.25, 0.3) is 0 Å². The molecule has 2 unspecified atom stereocenters. The summed E-state index contributed by atoms with van der Waals surface area (Å²) in [5, 5.41) is 0. The van der Waals surface area contributed by atoms with Crippen molar-refractivity contribution in [3.05, 3.63) is 11.8 Å². The molecule has 0 bridgehead atoms. The predicted octanol–water partition coefficient (Wildman–Crippen LogP) is 1.14. The van der Waals surface area contributed by atoms with Crippen molar-refractivity contribution < 1.29 is 9.47 Å². The first kappa shape index (κ1) is 10.3. The molecule has 2 heterocycles. The van der Waals surface area contributed by atoms with Crippen LogP contribution < -0.4 is 5.73 Å². The van der Waals surface area contributed by atoms with E-state index in [1.807, 2.05) is 11.8 Å². The van der Waals surface area contributed by atoms with Gasteiger partial charge in [0.1, 0.15) is 5.76 Å². The Morgan fingerprint density at radius 3 is 3.07 bits per heavy atom. The summed E-state index contributed by atoms with van der Waals surface area (Å²) < 4.78 is 11.2. The van der Waals surface area contributed by atoms with Crippen molar-refractivity contribution in [2.24, 2.45) is 5.73 Å². The summed E-state index contributed by atoms with van der Waals surface area (Å²) in [6, 6.07) is -0.0666. The largest absolute Gasteiger partial charge is 0.496 e. The first-order valence-corrected chi connectivity index (χ1v) is 6.31. The fraction of sp³-hybridized carbons (Fsp3) is 0.800. The van der Waals surface area contributed by atoms with Crippen LogP contribution in [-0.4, -0.2) is 36.9 Å². The van der Waals surface area contributed by atoms with Crippen LogP contribution in [0.4, 0.5) is 0 Å². The van der Waals surface area contributed by atoms with Crippen molar-refractivity contribution in [2.45, 2.75) is 25.0 Å². The Morgan fingerprint density at radius 2 is 2.43 bits per heavy atom. The molecule has 0 amide bonds. The minimum absolute atomic E-state index is 0.0666. The van der Waals surface area contributed by atoms with Gasteiger partial charge in [0.2, 0.25) is 0 Å². The van der Waals surface area contributed by atoms with Crippen LogP contribution in [0.2, 0.25) is 0 Å². The van der Waals surface area contributed by atoms with Crippen molar-refractivity contribution in [3.63, 3.8) is 0 Å². The van der Waals surface area contributed by atoms with Crippen molar-refractivity contribution in [2.75, 3.05) is 24.7 Å². The van der Waals surface area contributed by atoms with Crippen LogP contribution in [0.1, 0.15) is 12.8 Å². The van der Waals surface area contributed by atoms with Crippen LogP contribution in [0, 0.1) is 0 Å². The molecule has 0 aliphatic carbocycles. The minimum Gasteiger partial charge on any atom is -0.496 e. The van der Waals surface area contributed by atoms with Crippen molar-refractivity contribution in [3.8, 4) is 0 Å². The summed E-state index contributed by atoms with van der Waals surface area (Å²) in [5.74, 6) is 3.01. The molecular formula is C10H17NO2S. The monoisotopic (exact) mass is 215 g/mol. The van der Waals surface area contributed by atoms with Gasteiger partial charge in [-0.05, 0) is 18.9 Å². The predicted molar refractivity (Wildman–Crippen MR) is 58.3 cm³/mol. The third kappa shape index (κ3) is 2.43. The van der Waals surface area contributed by atoms with E-state index in [0.717, 1.165) is 43.3 Å². The SMILES string of the molecule is NC(C1=CCCCO1)C1CSCCO1. The van der Waals surface area contributed by atoms with Gasteiger partial charge in [-0.15, -0.1) is 0 Å². The number of allylic oxidation sites excluding steroid dienone is 1. The van der Waals surface area contributed by atoms with E-state index in [-0.39, 0.29) is 12.1 Å². The van der Waals surface area contributed by atoms with Crippen molar-refractivity contribution in [1.82, 2.24) is 0 Å². The molecular weight excluding hydrogens is 198 g/mol. The van der Waals surface area contributed by atoms with E-state index in [4.69, 9.17) is 15.2 Å². The molecule has 0 radical (unpaired) electrons. The average Bonchev–Trinajstić information content (AvgIpc) is 2.30. The van der Waals surface area contributed by atoms with E-state index in [1.165, 1.54) is 0 Å². The van der Waals surface area contributed by atoms with E-state index < -0.39 is 0 Å². The molecule has 0 aromatic carbocycles. The molecule has 0 aromatic rings. The van der Waals surface area contributed by atoms with E-state index in [9.17, 15) is 0 Å². The molecule has 1 saturated heterocycles. The smallest absolute Gasteiger partial charge is 0.111 e. The standard InChI is InChI=1S/C10H17NO2S/c11-10(8-3-1-2-4-12-8)9-7-14-6-5-13-9/h3,9-10H,1-2,4-7,11H2. The summed E-state index contributed by atoms with van der Waals surface area (Å²) in [4.78, 5) is 0. The highest BCUT2D eigenvalue weighted by molar-refractivity contribution is 7.99. The molecule has 0 aromatic heterocycles. The summed E-state index contributed by atoms with van der Waals surface area (Å²) in [7, 11) is 0. The lowest BCUT2D eigenvalue weighted by molar-refractivity contribution is 0.0445. The van der Waals surface area contributed by atoms with Crippen LogP contribution >= 0.6 is 11.8 Å². The van der Waals surface area contributed by atoms with E-state index in [0.29, 0.717) is 0 Å². The second-order valence-corrected chi connectivity index (χ2v) is 4.76. The lowest BCUT2D eigenvalue weighted by Gasteiger charge is -2.30. The third-order valence-electron chi connectivity index (χ3n) is 2.53. The van der Waals surface area contributed by atoms with Gasteiger partial charge in [0.25, 0.3) is 0 Å². The zero-order valence-corrected chi connectivity index (χ0v) is 9.09. The summed E-state index contributed by atoms with van der Waals surface area (Å²) >= 11 is 1.91. The molecule has 2 N–H and O–H groups in total. The van der Waals surface area contributed by atoms with E-state index in [1.54, 1.807) is 0 Å². The Kier molecular flexibility index (Phi) is 3.73. The van der Waals surface area contributed by atoms with Gasteiger partial charge in [-0.3, -0.25) is 0 Å². The Balaban J connectivity index is 1.91. The van der Waals surface area contributed by atoms with Crippen molar-refractivity contribution >= 4 is 11.8 Å². The Hall–Kier alpha value is -0.190. The first-order valence-electron chi connectivity index (χ1n) is 5.16. The summed E-state index contributed by atoms with van der Waals surface area (Å²) in [6.45, 7) is 1.62. The maximum Gasteiger partial charge on any atom is 0.111 e. The fourth-order valence-corrected chi connectivity index (χ4v) is 2.62. The lowest BCUT2D eigenvalue weighted by Crippen LogP contribution is -2.43. The second-order valence-electron chi connectivity index (χ2n) is 3.61. The molecule has 2 aliphatic heterocycles. The minimum atomic E-state index is -0.0666. The van der Waals surface area contributed by atoms with Gasteiger partial charge in [-0.25, -0.2) is 0 Å². The fourth-order valence-electron chi connectivity index (χ4n) is 1.71. The van der Waals surface area contributed by atoms with Crippen LogP contribution in [0.5, 0.6) is 0 Å². The molecule has 0 spiro atoms.